The first kappa shape index (κ1) is 22.0. The third kappa shape index (κ3) is 3.36. The average Bonchev–Trinajstić information content (AvgIpc) is 3.40. The number of amides is 1. The van der Waals surface area contributed by atoms with Crippen LogP contribution in [-0.4, -0.2) is 36.2 Å². The van der Waals surface area contributed by atoms with E-state index in [1.54, 1.807) is 29.2 Å². The third-order valence-electron chi connectivity index (χ3n) is 7.47. The van der Waals surface area contributed by atoms with Crippen molar-refractivity contribution in [2.75, 3.05) is 5.32 Å². The summed E-state index contributed by atoms with van der Waals surface area (Å²) in [6.07, 6.45) is 2.86. The summed E-state index contributed by atoms with van der Waals surface area (Å²) in [5.41, 5.74) is 0.991. The third-order valence-corrected chi connectivity index (χ3v) is 9.46. The zero-order valence-corrected chi connectivity index (χ0v) is 20.9. The molecule has 2 aromatic rings. The number of carbonyl (C=O) groups is 1. The van der Waals surface area contributed by atoms with E-state index in [-0.39, 0.29) is 58.2 Å². The second kappa shape index (κ2) is 7.77. The summed E-state index contributed by atoms with van der Waals surface area (Å²) in [4.78, 5) is 15.6. The van der Waals surface area contributed by atoms with Gasteiger partial charge in [-0.05, 0) is 89.6 Å². The number of nitrogens with zero attached hydrogens (tertiary/aromatic N) is 2. The van der Waals surface area contributed by atoms with Crippen LogP contribution >= 0.6 is 22.6 Å². The summed E-state index contributed by atoms with van der Waals surface area (Å²) in [6, 6.07) is 10.7. The van der Waals surface area contributed by atoms with Crippen molar-refractivity contribution in [3.05, 3.63) is 68.7 Å². The first-order valence-electron chi connectivity index (χ1n) is 11.1. The highest BCUT2D eigenvalue weighted by Crippen LogP contribution is 2.55. The van der Waals surface area contributed by atoms with E-state index in [0.717, 1.165) is 28.4 Å². The Balaban J connectivity index is 1.45. The number of aliphatic hydroxyl groups is 1. The highest BCUT2D eigenvalue weighted by Gasteiger charge is 2.57. The molecular weight excluding hydrogens is 572 g/mol. The first-order chi connectivity index (χ1) is 16.2. The van der Waals surface area contributed by atoms with Crippen LogP contribution in [0, 0.1) is 27.1 Å². The van der Waals surface area contributed by atoms with Gasteiger partial charge in [-0.3, -0.25) is 4.79 Å². The van der Waals surface area contributed by atoms with Gasteiger partial charge in [0.2, 0.25) is 0 Å². The number of fused-ring (bicyclic) bond motifs is 6. The molecule has 4 atom stereocenters. The topological polar surface area (TPSA) is 99.1 Å². The predicted octanol–water partition coefficient (Wildman–Crippen LogP) is 4.21. The first-order valence-corrected chi connectivity index (χ1v) is 13.7. The standard InChI is InChI=1S/C24H21FIN3O4S/c25-15-5-1-12(2-6-15)11-29-21-14-4-3-13(9-14)19(21)22(30)20(24(29)31)23-27-17-8-7-16(26)10-18(17)34(32,33)28-23/h1-2,5-8,10,13-14,19,21,30H,3-4,9,11H2,(H,27,28)/t13-,14+,19+,21?/m0/s1. The SMILES string of the molecule is O=C1C(C2=NS(=O)(=O)c3cc(I)ccc3N2)=C(O)[C@H]2C([C@@H]3CC[C@H]2C3)N1Cc1ccc(F)cc1. The van der Waals surface area contributed by atoms with Crippen molar-refractivity contribution in [1.29, 1.82) is 0 Å². The lowest BCUT2D eigenvalue weighted by molar-refractivity contribution is -0.134. The lowest BCUT2D eigenvalue weighted by atomic mass is 9.77. The van der Waals surface area contributed by atoms with E-state index < -0.39 is 15.9 Å². The molecule has 0 radical (unpaired) electrons. The minimum atomic E-state index is -4.06. The number of sulfonamides is 1. The van der Waals surface area contributed by atoms with Crippen molar-refractivity contribution in [2.45, 2.75) is 36.7 Å². The molecule has 2 fully saturated rings. The maximum atomic E-state index is 13.8. The monoisotopic (exact) mass is 593 g/mol. The molecule has 34 heavy (non-hydrogen) atoms. The van der Waals surface area contributed by atoms with Crippen molar-refractivity contribution in [3.8, 4) is 0 Å². The normalized spacial score (nSPS) is 28.9. The molecule has 2 aliphatic heterocycles. The zero-order chi connectivity index (χ0) is 23.8. The van der Waals surface area contributed by atoms with Crippen LogP contribution in [0.3, 0.4) is 0 Å². The fourth-order valence-electron chi connectivity index (χ4n) is 6.08. The summed E-state index contributed by atoms with van der Waals surface area (Å²) in [6.45, 7) is 0.245. The van der Waals surface area contributed by atoms with Crippen LogP contribution in [0.1, 0.15) is 24.8 Å². The van der Waals surface area contributed by atoms with Crippen LogP contribution in [0.4, 0.5) is 10.1 Å². The van der Waals surface area contributed by atoms with Gasteiger partial charge in [-0.1, -0.05) is 12.1 Å². The van der Waals surface area contributed by atoms with Gasteiger partial charge in [0.15, 0.2) is 5.84 Å². The Kier molecular flexibility index (Phi) is 5.03. The van der Waals surface area contributed by atoms with Gasteiger partial charge in [-0.2, -0.15) is 8.42 Å². The fourth-order valence-corrected chi connectivity index (χ4v) is 7.93. The number of halogens is 2. The molecular formula is C24H21FIN3O4S. The number of anilines is 1. The molecule has 176 valence electrons. The lowest BCUT2D eigenvalue weighted by Gasteiger charge is -2.44. The Morgan fingerprint density at radius 3 is 2.65 bits per heavy atom. The van der Waals surface area contributed by atoms with Gasteiger partial charge in [-0.25, -0.2) is 4.39 Å². The Bertz CT molecular complexity index is 1390. The van der Waals surface area contributed by atoms with Gasteiger partial charge in [-0.15, -0.1) is 4.40 Å². The molecule has 2 aromatic carbocycles. The van der Waals surface area contributed by atoms with Gasteiger partial charge in [0, 0.05) is 22.1 Å². The van der Waals surface area contributed by atoms with Crippen LogP contribution in [0.2, 0.25) is 0 Å². The van der Waals surface area contributed by atoms with Crippen LogP contribution in [0.5, 0.6) is 0 Å². The summed E-state index contributed by atoms with van der Waals surface area (Å²) in [5, 5.41) is 14.3. The second-order valence-corrected chi connectivity index (χ2v) is 12.2. The molecule has 4 aliphatic rings. The summed E-state index contributed by atoms with van der Waals surface area (Å²) < 4.78 is 44.0. The molecule has 2 saturated carbocycles. The second-order valence-electron chi connectivity index (χ2n) is 9.35. The molecule has 1 unspecified atom stereocenters. The van der Waals surface area contributed by atoms with Crippen LogP contribution in [0.15, 0.2) is 63.1 Å². The smallest absolute Gasteiger partial charge is 0.286 e. The molecule has 2 bridgehead atoms. The molecule has 0 spiro atoms. The molecule has 10 heteroatoms. The van der Waals surface area contributed by atoms with E-state index in [1.165, 1.54) is 18.2 Å². The van der Waals surface area contributed by atoms with Gasteiger partial charge in [0.1, 0.15) is 22.0 Å². The number of hydrogen-bond acceptors (Lipinski definition) is 5. The summed E-state index contributed by atoms with van der Waals surface area (Å²) in [5.74, 6) is -0.818. The molecule has 2 N–H and O–H groups in total. The van der Waals surface area contributed by atoms with Crippen LogP contribution < -0.4 is 5.32 Å². The average molecular weight is 593 g/mol. The van der Waals surface area contributed by atoms with Crippen LogP contribution in [-0.2, 0) is 21.4 Å². The number of carbonyl (C=O) groups excluding carboxylic acids is 1. The van der Waals surface area contributed by atoms with E-state index in [4.69, 9.17) is 0 Å². The maximum absolute atomic E-state index is 13.8. The highest BCUT2D eigenvalue weighted by atomic mass is 127. The van der Waals surface area contributed by atoms with Gasteiger partial charge >= 0.3 is 0 Å². The number of rotatable bonds is 3. The van der Waals surface area contributed by atoms with Crippen LogP contribution in [0.25, 0.3) is 0 Å². The van der Waals surface area contributed by atoms with Crippen molar-refractivity contribution in [2.24, 2.45) is 22.2 Å². The van der Waals surface area contributed by atoms with Crippen molar-refractivity contribution < 1.29 is 22.7 Å². The maximum Gasteiger partial charge on any atom is 0.286 e. The number of nitrogens with one attached hydrogen (secondary N) is 1. The highest BCUT2D eigenvalue weighted by molar-refractivity contribution is 14.1. The minimum Gasteiger partial charge on any atom is -0.511 e. The Morgan fingerprint density at radius 1 is 1.15 bits per heavy atom. The molecule has 0 aromatic heterocycles. The molecule has 1 amide bonds. The van der Waals surface area contributed by atoms with Crippen molar-refractivity contribution in [1.82, 2.24) is 4.90 Å². The largest absolute Gasteiger partial charge is 0.511 e. The summed E-state index contributed by atoms with van der Waals surface area (Å²) in [7, 11) is -4.06. The van der Waals surface area contributed by atoms with Gasteiger partial charge in [0.25, 0.3) is 15.9 Å². The molecule has 0 saturated heterocycles. The quantitative estimate of drug-likeness (QED) is 0.520. The van der Waals surface area contributed by atoms with Crippen molar-refractivity contribution >= 4 is 50.0 Å². The Morgan fingerprint density at radius 2 is 1.88 bits per heavy atom. The van der Waals surface area contributed by atoms with E-state index in [9.17, 15) is 22.7 Å². The molecule has 7 nitrogen and oxygen atoms in total. The Labute approximate surface area is 210 Å². The molecule has 6 rings (SSSR count). The van der Waals surface area contributed by atoms with Gasteiger partial charge in [0.05, 0.1) is 5.69 Å². The number of amidine groups is 1. The van der Waals surface area contributed by atoms with Crippen molar-refractivity contribution in [3.63, 3.8) is 0 Å². The lowest BCUT2D eigenvalue weighted by Crippen LogP contribution is -2.53. The fraction of sp³-hybridized carbons (Fsp3) is 0.333. The predicted molar refractivity (Wildman–Crippen MR) is 132 cm³/mol. The number of hydrogen-bond donors (Lipinski definition) is 2. The summed E-state index contributed by atoms with van der Waals surface area (Å²) >= 11 is 2.03. The van der Waals surface area contributed by atoms with E-state index in [2.05, 4.69) is 9.71 Å². The van der Waals surface area contributed by atoms with E-state index in [1.807, 2.05) is 22.6 Å². The number of benzene rings is 2. The van der Waals surface area contributed by atoms with E-state index >= 15 is 0 Å². The molecule has 2 aliphatic carbocycles. The van der Waals surface area contributed by atoms with Gasteiger partial charge < -0.3 is 15.3 Å². The Hall–Kier alpha value is -2.47. The zero-order valence-electron chi connectivity index (χ0n) is 17.9. The molecule has 2 heterocycles. The number of aliphatic hydroxyl groups excluding tert-OH is 1. The minimum absolute atomic E-state index is 0.0347. The van der Waals surface area contributed by atoms with E-state index in [0.29, 0.717) is 5.69 Å².